The third-order valence-corrected chi connectivity index (χ3v) is 3.91. The summed E-state index contributed by atoms with van der Waals surface area (Å²) in [5, 5.41) is 8.43. The maximum absolute atomic E-state index is 10.3. The molecule has 0 aliphatic heterocycles. The second-order valence-electron chi connectivity index (χ2n) is 2.31. The maximum atomic E-state index is 10.3. The molecule has 0 fully saturated rings. The number of halogens is 2. The molecule has 2 nitrogen and oxygen atoms in total. The summed E-state index contributed by atoms with van der Waals surface area (Å²) >= 11 is 5.56. The Morgan fingerprint density at radius 1 is 1.54 bits per heavy atom. The monoisotopic (exact) mass is 352 g/mol. The van der Waals surface area contributed by atoms with Gasteiger partial charge in [-0.05, 0) is 56.2 Å². The van der Waals surface area contributed by atoms with Crippen molar-refractivity contribution in [1.29, 1.82) is 0 Å². The molecule has 0 heterocycles. The lowest BCUT2D eigenvalue weighted by atomic mass is 10.2. The molecule has 0 saturated heterocycles. The van der Waals surface area contributed by atoms with Gasteiger partial charge >= 0.3 is 5.97 Å². The second kappa shape index (κ2) is 4.76. The molecule has 1 aromatic carbocycles. The van der Waals surface area contributed by atoms with Crippen molar-refractivity contribution in [3.63, 3.8) is 0 Å². The summed E-state index contributed by atoms with van der Waals surface area (Å²) in [6, 6.07) is 5.68. The topological polar surface area (TPSA) is 37.3 Å². The molecule has 0 atom stereocenters. The smallest absolute Gasteiger partial charge is 0.328 e. The molecule has 4 heteroatoms. The van der Waals surface area contributed by atoms with Crippen LogP contribution in [0.5, 0.6) is 0 Å². The van der Waals surface area contributed by atoms with Crippen LogP contribution in [0.4, 0.5) is 0 Å². The molecule has 68 valence electrons. The van der Waals surface area contributed by atoms with E-state index in [2.05, 4.69) is 38.5 Å². The van der Waals surface area contributed by atoms with Crippen molar-refractivity contribution in [3.8, 4) is 0 Å². The standard InChI is InChI=1S/C9H6BrIO2/c10-9-6(4-5-8(12)13)2-1-3-7(9)11/h1-5H,(H,12,13)/b5-4+. The number of carboxylic acids is 1. The number of carboxylic acid groups (broad SMARTS) is 1. The molecule has 0 aliphatic rings. The van der Waals surface area contributed by atoms with Crippen molar-refractivity contribution >= 4 is 50.6 Å². The van der Waals surface area contributed by atoms with Gasteiger partial charge in [0.05, 0.1) is 0 Å². The Hall–Kier alpha value is -0.360. The van der Waals surface area contributed by atoms with Crippen LogP contribution < -0.4 is 0 Å². The highest BCUT2D eigenvalue weighted by Crippen LogP contribution is 2.24. The van der Waals surface area contributed by atoms with Crippen molar-refractivity contribution in [2.45, 2.75) is 0 Å². The largest absolute Gasteiger partial charge is 0.478 e. The first-order valence-electron chi connectivity index (χ1n) is 3.46. The molecule has 0 radical (unpaired) electrons. The molecule has 0 unspecified atom stereocenters. The Kier molecular flexibility index (Phi) is 3.92. The first-order valence-corrected chi connectivity index (χ1v) is 5.33. The summed E-state index contributed by atoms with van der Waals surface area (Å²) in [6.45, 7) is 0. The van der Waals surface area contributed by atoms with Crippen LogP contribution in [-0.2, 0) is 4.79 Å². The lowest BCUT2D eigenvalue weighted by molar-refractivity contribution is -0.131. The van der Waals surface area contributed by atoms with E-state index in [1.54, 1.807) is 6.08 Å². The molecule has 0 saturated carbocycles. The highest BCUT2D eigenvalue weighted by atomic mass is 127. The van der Waals surface area contributed by atoms with E-state index in [9.17, 15) is 4.79 Å². The minimum Gasteiger partial charge on any atom is -0.478 e. The first-order chi connectivity index (χ1) is 6.11. The summed E-state index contributed by atoms with van der Waals surface area (Å²) in [5.74, 6) is -0.939. The van der Waals surface area contributed by atoms with Gasteiger partial charge in [0.1, 0.15) is 0 Å². The Morgan fingerprint density at radius 3 is 2.85 bits per heavy atom. The molecule has 1 aromatic rings. The molecule has 1 N–H and O–H groups in total. The quantitative estimate of drug-likeness (QED) is 0.655. The molecule has 13 heavy (non-hydrogen) atoms. The highest BCUT2D eigenvalue weighted by Gasteiger charge is 1.99. The molecule has 0 amide bonds. The van der Waals surface area contributed by atoms with Gasteiger partial charge in [-0.2, -0.15) is 0 Å². The van der Waals surface area contributed by atoms with E-state index < -0.39 is 5.97 Å². The van der Waals surface area contributed by atoms with Crippen molar-refractivity contribution in [1.82, 2.24) is 0 Å². The van der Waals surface area contributed by atoms with Gasteiger partial charge in [-0.25, -0.2) is 4.79 Å². The molecule has 0 aromatic heterocycles. The van der Waals surface area contributed by atoms with Crippen molar-refractivity contribution in [2.75, 3.05) is 0 Å². The Morgan fingerprint density at radius 2 is 2.23 bits per heavy atom. The lowest BCUT2D eigenvalue weighted by Gasteiger charge is -1.99. The van der Waals surface area contributed by atoms with Crippen molar-refractivity contribution in [2.24, 2.45) is 0 Å². The van der Waals surface area contributed by atoms with E-state index in [-0.39, 0.29) is 0 Å². The summed E-state index contributed by atoms with van der Waals surface area (Å²) < 4.78 is 1.98. The maximum Gasteiger partial charge on any atom is 0.328 e. The Labute approximate surface area is 97.9 Å². The fourth-order valence-corrected chi connectivity index (χ4v) is 1.73. The number of rotatable bonds is 2. The van der Waals surface area contributed by atoms with E-state index in [0.29, 0.717) is 0 Å². The molecule has 0 bridgehead atoms. The summed E-state index contributed by atoms with van der Waals surface area (Å²) in [6.07, 6.45) is 2.69. The zero-order valence-corrected chi connectivity index (χ0v) is 10.2. The summed E-state index contributed by atoms with van der Waals surface area (Å²) in [4.78, 5) is 10.3. The van der Waals surface area contributed by atoms with Gasteiger partial charge in [0.15, 0.2) is 0 Å². The van der Waals surface area contributed by atoms with Crippen LogP contribution in [0.25, 0.3) is 6.08 Å². The molecule has 0 aliphatic carbocycles. The molecule has 1 rings (SSSR count). The van der Waals surface area contributed by atoms with Gasteiger partial charge in [-0.15, -0.1) is 0 Å². The fraction of sp³-hybridized carbons (Fsp3) is 0. The lowest BCUT2D eigenvalue weighted by Crippen LogP contribution is -1.86. The van der Waals surface area contributed by atoms with Crippen molar-refractivity contribution < 1.29 is 9.90 Å². The molecule has 0 spiro atoms. The number of benzene rings is 1. The molecular weight excluding hydrogens is 347 g/mol. The van der Waals surface area contributed by atoms with Crippen molar-refractivity contribution in [3.05, 3.63) is 37.9 Å². The summed E-state index contributed by atoms with van der Waals surface area (Å²) in [5.41, 5.74) is 0.870. The number of hydrogen-bond acceptors (Lipinski definition) is 1. The summed E-state index contributed by atoms with van der Waals surface area (Å²) in [7, 11) is 0. The minimum absolute atomic E-state index is 0.870. The van der Waals surface area contributed by atoms with Crippen LogP contribution in [0, 0.1) is 3.57 Å². The van der Waals surface area contributed by atoms with Crippen LogP contribution in [0.3, 0.4) is 0 Å². The van der Waals surface area contributed by atoms with Gasteiger partial charge in [-0.1, -0.05) is 12.1 Å². The van der Waals surface area contributed by atoms with Gasteiger partial charge in [-0.3, -0.25) is 0 Å². The second-order valence-corrected chi connectivity index (χ2v) is 4.27. The van der Waals surface area contributed by atoms with E-state index in [4.69, 9.17) is 5.11 Å². The van der Waals surface area contributed by atoms with E-state index >= 15 is 0 Å². The zero-order chi connectivity index (χ0) is 9.84. The van der Waals surface area contributed by atoms with Gasteiger partial charge in [0.2, 0.25) is 0 Å². The number of carbonyl (C=O) groups is 1. The van der Waals surface area contributed by atoms with Crippen LogP contribution in [0.1, 0.15) is 5.56 Å². The zero-order valence-electron chi connectivity index (χ0n) is 6.50. The Bertz CT molecular complexity index is 361. The number of aliphatic carboxylic acids is 1. The van der Waals surface area contributed by atoms with Crippen LogP contribution in [-0.4, -0.2) is 11.1 Å². The third-order valence-electron chi connectivity index (χ3n) is 1.39. The van der Waals surface area contributed by atoms with Gasteiger partial charge in [0.25, 0.3) is 0 Å². The fourth-order valence-electron chi connectivity index (χ4n) is 0.810. The average Bonchev–Trinajstić information content (AvgIpc) is 2.07. The van der Waals surface area contributed by atoms with Crippen LogP contribution in [0.2, 0.25) is 0 Å². The van der Waals surface area contributed by atoms with E-state index in [1.165, 1.54) is 0 Å². The molecular formula is C9H6BrIO2. The third kappa shape index (κ3) is 3.11. The highest BCUT2D eigenvalue weighted by molar-refractivity contribution is 14.1. The average molecular weight is 353 g/mol. The van der Waals surface area contributed by atoms with Crippen LogP contribution in [0.15, 0.2) is 28.7 Å². The van der Waals surface area contributed by atoms with E-state index in [0.717, 1.165) is 19.7 Å². The normalized spacial score (nSPS) is 10.6. The predicted molar refractivity (Wildman–Crippen MR) is 63.5 cm³/mol. The van der Waals surface area contributed by atoms with E-state index in [1.807, 2.05) is 18.2 Å². The van der Waals surface area contributed by atoms with Crippen LogP contribution >= 0.6 is 38.5 Å². The first kappa shape index (κ1) is 10.7. The predicted octanol–water partition coefficient (Wildman–Crippen LogP) is 3.15. The Balaban J connectivity index is 3.02. The van der Waals surface area contributed by atoms with Gasteiger partial charge < -0.3 is 5.11 Å². The minimum atomic E-state index is -0.939. The SMILES string of the molecule is O=C(O)/C=C/c1cccc(I)c1Br. The van der Waals surface area contributed by atoms with Gasteiger partial charge in [0, 0.05) is 14.1 Å². The number of hydrogen-bond donors (Lipinski definition) is 1.